The maximum absolute atomic E-state index is 11.2. The van der Waals surface area contributed by atoms with Crippen LogP contribution < -0.4 is 5.56 Å². The predicted octanol–water partition coefficient (Wildman–Crippen LogP) is 0.363. The monoisotopic (exact) mass is 208 g/mol. The molecular weight excluding hydrogens is 196 g/mol. The van der Waals surface area contributed by atoms with Crippen molar-refractivity contribution in [3.05, 3.63) is 41.1 Å². The molecule has 0 aliphatic carbocycles. The van der Waals surface area contributed by atoms with Crippen LogP contribution in [-0.4, -0.2) is 22.1 Å². The lowest BCUT2D eigenvalue weighted by atomic mass is 10.4. The van der Waals surface area contributed by atoms with E-state index in [0.29, 0.717) is 13.2 Å². The first-order chi connectivity index (χ1) is 7.24. The Morgan fingerprint density at radius 1 is 1.67 bits per heavy atom. The number of ether oxygens (including phenoxy) is 1. The van der Waals surface area contributed by atoms with Crippen molar-refractivity contribution in [3.63, 3.8) is 0 Å². The second kappa shape index (κ2) is 5.74. The lowest BCUT2D eigenvalue weighted by Gasteiger charge is -1.98. The number of allylic oxidation sites excluding steroid dienone is 1. The van der Waals surface area contributed by atoms with E-state index in [2.05, 4.69) is 9.72 Å². The molecule has 1 aromatic heterocycles. The topological polar surface area (TPSA) is 61.2 Å². The van der Waals surface area contributed by atoms with Crippen LogP contribution in [0.3, 0.4) is 0 Å². The zero-order chi connectivity index (χ0) is 11.1. The number of aromatic nitrogens is 2. The van der Waals surface area contributed by atoms with E-state index >= 15 is 0 Å². The molecule has 0 bridgehead atoms. The van der Waals surface area contributed by atoms with Gasteiger partial charge in [-0.2, -0.15) is 0 Å². The average molecular weight is 208 g/mol. The summed E-state index contributed by atoms with van der Waals surface area (Å²) < 4.78 is 6.07. The molecule has 0 unspecified atom stereocenters. The molecule has 0 aromatic carbocycles. The zero-order valence-electron chi connectivity index (χ0n) is 8.42. The minimum absolute atomic E-state index is 0.154. The van der Waals surface area contributed by atoms with Crippen molar-refractivity contribution >= 4 is 5.97 Å². The molecule has 1 rings (SSSR count). The highest BCUT2D eigenvalue weighted by Crippen LogP contribution is 1.84. The number of carbonyl (C=O) groups is 1. The summed E-state index contributed by atoms with van der Waals surface area (Å²) in [6, 6.07) is 1.36. The summed E-state index contributed by atoms with van der Waals surface area (Å²) in [6.07, 6.45) is 5.69. The molecule has 0 atom stereocenters. The Kier molecular flexibility index (Phi) is 4.28. The standard InChI is InChI=1S/C10H12N2O3/c1-2-15-10(14)4-3-7-12-8-11-6-5-9(12)13/h3-6,8H,2,7H2,1H3/b4-3+. The third-order valence-corrected chi connectivity index (χ3v) is 1.63. The first-order valence-electron chi connectivity index (χ1n) is 4.57. The molecule has 1 heterocycles. The predicted molar refractivity (Wildman–Crippen MR) is 54.3 cm³/mol. The highest BCUT2D eigenvalue weighted by molar-refractivity contribution is 5.81. The van der Waals surface area contributed by atoms with Crippen LogP contribution in [0.15, 0.2) is 35.5 Å². The van der Waals surface area contributed by atoms with Crippen molar-refractivity contribution in [2.24, 2.45) is 0 Å². The second-order valence-corrected chi connectivity index (χ2v) is 2.73. The van der Waals surface area contributed by atoms with Crippen LogP contribution in [0.4, 0.5) is 0 Å². The molecule has 0 aliphatic heterocycles. The summed E-state index contributed by atoms with van der Waals surface area (Å²) in [5, 5.41) is 0. The largest absolute Gasteiger partial charge is 0.463 e. The molecule has 0 radical (unpaired) electrons. The molecule has 0 amide bonds. The Morgan fingerprint density at radius 3 is 3.13 bits per heavy atom. The minimum atomic E-state index is -0.408. The molecule has 0 fully saturated rings. The van der Waals surface area contributed by atoms with Crippen LogP contribution in [0.1, 0.15) is 6.92 Å². The van der Waals surface area contributed by atoms with Gasteiger partial charge in [0.25, 0.3) is 5.56 Å². The number of esters is 1. The number of rotatable bonds is 4. The highest BCUT2D eigenvalue weighted by atomic mass is 16.5. The molecule has 0 aliphatic rings. The van der Waals surface area contributed by atoms with Gasteiger partial charge < -0.3 is 4.74 Å². The molecule has 0 saturated heterocycles. The molecule has 15 heavy (non-hydrogen) atoms. The maximum Gasteiger partial charge on any atom is 0.330 e. The summed E-state index contributed by atoms with van der Waals surface area (Å²) in [6.45, 7) is 2.39. The van der Waals surface area contributed by atoms with Crippen molar-refractivity contribution in [1.29, 1.82) is 0 Å². The van der Waals surface area contributed by atoms with Gasteiger partial charge in [0, 0.05) is 24.9 Å². The fraction of sp³-hybridized carbons (Fsp3) is 0.300. The molecule has 0 spiro atoms. The van der Waals surface area contributed by atoms with E-state index in [1.54, 1.807) is 13.0 Å². The van der Waals surface area contributed by atoms with E-state index in [0.717, 1.165) is 0 Å². The number of nitrogens with zero attached hydrogens (tertiary/aromatic N) is 2. The number of carbonyl (C=O) groups excluding carboxylic acids is 1. The molecule has 1 aromatic rings. The Balaban J connectivity index is 2.54. The molecule has 0 saturated carbocycles. The van der Waals surface area contributed by atoms with E-state index in [-0.39, 0.29) is 5.56 Å². The zero-order valence-corrected chi connectivity index (χ0v) is 8.42. The normalized spacial score (nSPS) is 10.5. The smallest absolute Gasteiger partial charge is 0.330 e. The number of hydrogen-bond acceptors (Lipinski definition) is 4. The third-order valence-electron chi connectivity index (χ3n) is 1.63. The summed E-state index contributed by atoms with van der Waals surface area (Å²) >= 11 is 0. The van der Waals surface area contributed by atoms with Gasteiger partial charge in [-0.1, -0.05) is 6.08 Å². The van der Waals surface area contributed by atoms with E-state index in [1.807, 2.05) is 0 Å². The first kappa shape index (κ1) is 11.2. The van der Waals surface area contributed by atoms with Crippen LogP contribution in [0.25, 0.3) is 0 Å². The Bertz CT molecular complexity index is 409. The van der Waals surface area contributed by atoms with E-state index in [1.165, 1.54) is 29.2 Å². The van der Waals surface area contributed by atoms with Crippen LogP contribution in [0.2, 0.25) is 0 Å². The first-order valence-corrected chi connectivity index (χ1v) is 4.57. The fourth-order valence-corrected chi connectivity index (χ4v) is 0.968. The van der Waals surface area contributed by atoms with E-state index in [9.17, 15) is 9.59 Å². The number of hydrogen-bond donors (Lipinski definition) is 0. The van der Waals surface area contributed by atoms with Crippen LogP contribution in [-0.2, 0) is 16.1 Å². The van der Waals surface area contributed by atoms with Crippen molar-refractivity contribution < 1.29 is 9.53 Å². The van der Waals surface area contributed by atoms with E-state index in [4.69, 9.17) is 0 Å². The Morgan fingerprint density at radius 2 is 2.47 bits per heavy atom. The van der Waals surface area contributed by atoms with Crippen molar-refractivity contribution in [2.45, 2.75) is 13.5 Å². The van der Waals surface area contributed by atoms with Gasteiger partial charge in [-0.3, -0.25) is 9.36 Å². The van der Waals surface area contributed by atoms with Gasteiger partial charge in [0.15, 0.2) is 0 Å². The quantitative estimate of drug-likeness (QED) is 0.529. The average Bonchev–Trinajstić information content (AvgIpc) is 2.21. The summed E-state index contributed by atoms with van der Waals surface area (Å²) in [4.78, 5) is 25.9. The van der Waals surface area contributed by atoms with Crippen LogP contribution >= 0.6 is 0 Å². The van der Waals surface area contributed by atoms with Gasteiger partial charge in [-0.05, 0) is 6.92 Å². The van der Waals surface area contributed by atoms with Gasteiger partial charge in [-0.15, -0.1) is 0 Å². The fourth-order valence-electron chi connectivity index (χ4n) is 0.968. The maximum atomic E-state index is 11.2. The van der Waals surface area contributed by atoms with Gasteiger partial charge >= 0.3 is 5.97 Å². The molecular formula is C10H12N2O3. The van der Waals surface area contributed by atoms with Gasteiger partial charge in [-0.25, -0.2) is 9.78 Å². The lowest BCUT2D eigenvalue weighted by Crippen LogP contribution is -2.17. The van der Waals surface area contributed by atoms with Gasteiger partial charge in [0.2, 0.25) is 0 Å². The summed E-state index contributed by atoms with van der Waals surface area (Å²) in [5.74, 6) is -0.408. The SMILES string of the molecule is CCOC(=O)/C=C/Cn1cnccc1=O. The molecule has 0 N–H and O–H groups in total. The molecule has 80 valence electrons. The summed E-state index contributed by atoms with van der Waals surface area (Å²) in [7, 11) is 0. The van der Waals surface area contributed by atoms with E-state index < -0.39 is 5.97 Å². The van der Waals surface area contributed by atoms with Crippen molar-refractivity contribution in [1.82, 2.24) is 9.55 Å². The van der Waals surface area contributed by atoms with Gasteiger partial charge in [0.1, 0.15) is 0 Å². The third kappa shape index (κ3) is 3.76. The minimum Gasteiger partial charge on any atom is -0.463 e. The highest BCUT2D eigenvalue weighted by Gasteiger charge is 1.94. The van der Waals surface area contributed by atoms with Crippen LogP contribution in [0.5, 0.6) is 0 Å². The van der Waals surface area contributed by atoms with Crippen LogP contribution in [0, 0.1) is 0 Å². The Labute approximate surface area is 87.0 Å². The van der Waals surface area contributed by atoms with Gasteiger partial charge in [0.05, 0.1) is 12.9 Å². The van der Waals surface area contributed by atoms with Crippen molar-refractivity contribution in [3.8, 4) is 0 Å². The summed E-state index contributed by atoms with van der Waals surface area (Å²) in [5.41, 5.74) is -0.154. The second-order valence-electron chi connectivity index (χ2n) is 2.73. The molecule has 5 heteroatoms. The lowest BCUT2D eigenvalue weighted by molar-refractivity contribution is -0.137. The Hall–Kier alpha value is -1.91. The van der Waals surface area contributed by atoms with Crippen molar-refractivity contribution in [2.75, 3.05) is 6.61 Å². The molecule has 5 nitrogen and oxygen atoms in total.